The van der Waals surface area contributed by atoms with Crippen LogP contribution < -0.4 is 5.73 Å². The van der Waals surface area contributed by atoms with E-state index in [2.05, 4.69) is 10.1 Å². The van der Waals surface area contributed by atoms with E-state index in [1.54, 1.807) is 6.07 Å². The van der Waals surface area contributed by atoms with Crippen LogP contribution in [0.4, 0.5) is 0 Å². The van der Waals surface area contributed by atoms with Crippen molar-refractivity contribution in [3.8, 4) is 0 Å². The van der Waals surface area contributed by atoms with E-state index in [4.69, 9.17) is 10.3 Å². The molecule has 3 rings (SSSR count). The van der Waals surface area contributed by atoms with Gasteiger partial charge in [0.1, 0.15) is 4.90 Å². The average Bonchev–Trinajstić information content (AvgIpc) is 2.89. The molecule has 2 aromatic rings. The molecule has 0 bridgehead atoms. The van der Waals surface area contributed by atoms with E-state index in [9.17, 15) is 8.42 Å². The lowest BCUT2D eigenvalue weighted by molar-refractivity contribution is 0.320. The monoisotopic (exact) mass is 310 g/mol. The SMILES string of the molecule is CCc1noc2ncc(S(=O)(=O)N3CCC(N)CC3)cc12. The highest BCUT2D eigenvalue weighted by Gasteiger charge is 2.29. The van der Waals surface area contributed by atoms with E-state index in [-0.39, 0.29) is 10.9 Å². The molecular weight excluding hydrogens is 292 g/mol. The van der Waals surface area contributed by atoms with Crippen LogP contribution in [0.25, 0.3) is 11.1 Å². The molecule has 0 radical (unpaired) electrons. The predicted octanol–water partition coefficient (Wildman–Crippen LogP) is 0.897. The lowest BCUT2D eigenvalue weighted by Crippen LogP contribution is -2.42. The zero-order valence-electron chi connectivity index (χ0n) is 11.8. The second-order valence-corrected chi connectivity index (χ2v) is 7.19. The van der Waals surface area contributed by atoms with Gasteiger partial charge in [0.2, 0.25) is 10.0 Å². The van der Waals surface area contributed by atoms with Crippen molar-refractivity contribution in [2.24, 2.45) is 5.73 Å². The van der Waals surface area contributed by atoms with Gasteiger partial charge in [0.25, 0.3) is 5.71 Å². The standard InChI is InChI=1S/C13H18N4O3S/c1-2-12-11-7-10(8-15-13(11)20-16-12)21(18,19)17-5-3-9(14)4-6-17/h7-9H,2-6,14H2,1H3. The molecule has 0 aliphatic carbocycles. The zero-order chi connectivity index (χ0) is 15.0. The van der Waals surface area contributed by atoms with E-state index >= 15 is 0 Å². The summed E-state index contributed by atoms with van der Waals surface area (Å²) in [6.07, 6.45) is 3.36. The molecule has 2 aromatic heterocycles. The molecule has 1 saturated heterocycles. The van der Waals surface area contributed by atoms with Crippen LogP contribution in [0.15, 0.2) is 21.7 Å². The van der Waals surface area contributed by atoms with Gasteiger partial charge in [-0.2, -0.15) is 4.31 Å². The maximum absolute atomic E-state index is 12.7. The Labute approximate surface area is 123 Å². The third kappa shape index (κ3) is 2.54. The van der Waals surface area contributed by atoms with Gasteiger partial charge < -0.3 is 10.3 Å². The van der Waals surface area contributed by atoms with Gasteiger partial charge in [0.15, 0.2) is 0 Å². The van der Waals surface area contributed by atoms with E-state index in [1.165, 1.54) is 10.5 Å². The highest BCUT2D eigenvalue weighted by molar-refractivity contribution is 7.89. The number of piperidine rings is 1. The van der Waals surface area contributed by atoms with E-state index in [0.29, 0.717) is 43.5 Å². The van der Waals surface area contributed by atoms with Crippen LogP contribution in [0.2, 0.25) is 0 Å². The number of fused-ring (bicyclic) bond motifs is 1. The maximum atomic E-state index is 12.7. The Bertz CT molecular complexity index is 748. The summed E-state index contributed by atoms with van der Waals surface area (Å²) in [6.45, 7) is 2.84. The summed E-state index contributed by atoms with van der Waals surface area (Å²) >= 11 is 0. The van der Waals surface area contributed by atoms with Crippen LogP contribution in [0, 0.1) is 0 Å². The van der Waals surface area contributed by atoms with Crippen molar-refractivity contribution >= 4 is 21.1 Å². The van der Waals surface area contributed by atoms with Crippen molar-refractivity contribution in [1.82, 2.24) is 14.4 Å². The van der Waals surface area contributed by atoms with Gasteiger partial charge in [-0.1, -0.05) is 12.1 Å². The molecule has 0 spiro atoms. The second kappa shape index (κ2) is 5.36. The summed E-state index contributed by atoms with van der Waals surface area (Å²) in [5.41, 5.74) is 6.91. The molecule has 8 heteroatoms. The summed E-state index contributed by atoms with van der Waals surface area (Å²) in [4.78, 5) is 4.25. The lowest BCUT2D eigenvalue weighted by Gasteiger charge is -2.29. The largest absolute Gasteiger partial charge is 0.336 e. The third-order valence-electron chi connectivity index (χ3n) is 3.85. The predicted molar refractivity (Wildman–Crippen MR) is 77.2 cm³/mol. The molecule has 1 aliphatic heterocycles. The van der Waals surface area contributed by atoms with Gasteiger partial charge in [-0.05, 0) is 25.3 Å². The number of rotatable bonds is 3. The van der Waals surface area contributed by atoms with Gasteiger partial charge in [-0.25, -0.2) is 13.4 Å². The topological polar surface area (TPSA) is 102 Å². The molecule has 0 atom stereocenters. The van der Waals surface area contributed by atoms with Crippen LogP contribution in [-0.4, -0.2) is 42.0 Å². The quantitative estimate of drug-likeness (QED) is 0.903. The average molecular weight is 310 g/mol. The fraction of sp³-hybridized carbons (Fsp3) is 0.538. The number of sulfonamides is 1. The highest BCUT2D eigenvalue weighted by atomic mass is 32.2. The fourth-order valence-electron chi connectivity index (χ4n) is 2.52. The van der Waals surface area contributed by atoms with Crippen molar-refractivity contribution in [2.45, 2.75) is 37.1 Å². The van der Waals surface area contributed by atoms with Gasteiger partial charge in [0.05, 0.1) is 17.3 Å². The number of hydrogen-bond acceptors (Lipinski definition) is 6. The molecule has 3 heterocycles. The summed E-state index contributed by atoms with van der Waals surface area (Å²) < 4.78 is 31.9. The van der Waals surface area contributed by atoms with Crippen molar-refractivity contribution < 1.29 is 12.9 Å². The summed E-state index contributed by atoms with van der Waals surface area (Å²) in [5.74, 6) is 0. The molecule has 21 heavy (non-hydrogen) atoms. The van der Waals surface area contributed by atoms with Crippen LogP contribution >= 0.6 is 0 Å². The van der Waals surface area contributed by atoms with Crippen molar-refractivity contribution in [1.29, 1.82) is 0 Å². The number of pyridine rings is 1. The van der Waals surface area contributed by atoms with Crippen LogP contribution in [0.1, 0.15) is 25.5 Å². The normalized spacial score (nSPS) is 18.4. The van der Waals surface area contributed by atoms with Crippen LogP contribution in [-0.2, 0) is 16.4 Å². The van der Waals surface area contributed by atoms with E-state index < -0.39 is 10.0 Å². The molecule has 0 aromatic carbocycles. The molecule has 114 valence electrons. The number of nitrogens with two attached hydrogens (primary N) is 1. The zero-order valence-corrected chi connectivity index (χ0v) is 12.6. The van der Waals surface area contributed by atoms with Crippen LogP contribution in [0.5, 0.6) is 0 Å². The van der Waals surface area contributed by atoms with Crippen LogP contribution in [0.3, 0.4) is 0 Å². The molecule has 2 N–H and O–H groups in total. The van der Waals surface area contributed by atoms with Gasteiger partial charge in [-0.3, -0.25) is 0 Å². The molecule has 7 nitrogen and oxygen atoms in total. The Balaban J connectivity index is 1.98. The Morgan fingerprint density at radius 2 is 2.14 bits per heavy atom. The Morgan fingerprint density at radius 1 is 1.43 bits per heavy atom. The fourth-order valence-corrected chi connectivity index (χ4v) is 3.96. The minimum Gasteiger partial charge on any atom is -0.336 e. The Hall–Kier alpha value is -1.51. The van der Waals surface area contributed by atoms with Crippen molar-refractivity contribution in [2.75, 3.05) is 13.1 Å². The Kier molecular flexibility index (Phi) is 3.68. The molecule has 1 fully saturated rings. The lowest BCUT2D eigenvalue weighted by atomic mass is 10.1. The van der Waals surface area contributed by atoms with Crippen molar-refractivity contribution in [3.05, 3.63) is 18.0 Å². The molecule has 0 unspecified atom stereocenters. The van der Waals surface area contributed by atoms with E-state index in [1.807, 2.05) is 6.92 Å². The summed E-state index contributed by atoms with van der Waals surface area (Å²) in [5, 5.41) is 4.56. The molecular formula is C13H18N4O3S. The third-order valence-corrected chi connectivity index (χ3v) is 5.71. The first-order chi connectivity index (χ1) is 10.0. The number of aryl methyl sites for hydroxylation is 1. The summed E-state index contributed by atoms with van der Waals surface area (Å²) in [6, 6.07) is 1.68. The minimum absolute atomic E-state index is 0.0850. The van der Waals surface area contributed by atoms with E-state index in [0.717, 1.165) is 5.69 Å². The van der Waals surface area contributed by atoms with Gasteiger partial charge in [0, 0.05) is 19.1 Å². The first kappa shape index (κ1) is 14.4. The Morgan fingerprint density at radius 3 is 2.81 bits per heavy atom. The second-order valence-electron chi connectivity index (χ2n) is 5.25. The first-order valence-electron chi connectivity index (χ1n) is 7.02. The minimum atomic E-state index is -3.53. The number of aromatic nitrogens is 2. The summed E-state index contributed by atoms with van der Waals surface area (Å²) in [7, 11) is -3.53. The molecule has 0 saturated carbocycles. The number of nitrogens with zero attached hydrogens (tertiary/aromatic N) is 3. The smallest absolute Gasteiger partial charge is 0.258 e. The van der Waals surface area contributed by atoms with Crippen molar-refractivity contribution in [3.63, 3.8) is 0 Å². The number of hydrogen-bond donors (Lipinski definition) is 1. The first-order valence-corrected chi connectivity index (χ1v) is 8.46. The van der Waals surface area contributed by atoms with Gasteiger partial charge in [-0.15, -0.1) is 0 Å². The van der Waals surface area contributed by atoms with Gasteiger partial charge >= 0.3 is 0 Å². The highest BCUT2D eigenvalue weighted by Crippen LogP contribution is 2.24. The molecule has 0 amide bonds. The molecule has 1 aliphatic rings. The maximum Gasteiger partial charge on any atom is 0.258 e.